The van der Waals surface area contributed by atoms with E-state index in [0.29, 0.717) is 16.4 Å². The Balaban J connectivity index is 1.74. The van der Waals surface area contributed by atoms with Crippen molar-refractivity contribution in [2.24, 2.45) is 0 Å². The third kappa shape index (κ3) is 3.51. The molecule has 5 heteroatoms. The zero-order chi connectivity index (χ0) is 15.4. The van der Waals surface area contributed by atoms with Crippen molar-refractivity contribution in [1.29, 1.82) is 0 Å². The summed E-state index contributed by atoms with van der Waals surface area (Å²) in [6, 6.07) is 16.5. The van der Waals surface area contributed by atoms with Crippen LogP contribution in [0.5, 0.6) is 11.5 Å². The Kier molecular flexibility index (Phi) is 4.16. The molecule has 0 fully saturated rings. The summed E-state index contributed by atoms with van der Waals surface area (Å²) in [6.07, 6.45) is 1.73. The van der Waals surface area contributed by atoms with Gasteiger partial charge in [0, 0.05) is 16.6 Å². The summed E-state index contributed by atoms with van der Waals surface area (Å²) < 4.78 is 5.73. The number of para-hydroxylation sites is 1. The summed E-state index contributed by atoms with van der Waals surface area (Å²) in [5, 5.41) is 3.38. The highest BCUT2D eigenvalue weighted by Gasteiger charge is 2.09. The van der Waals surface area contributed by atoms with E-state index in [1.165, 1.54) is 11.3 Å². The molecule has 0 aliphatic carbocycles. The van der Waals surface area contributed by atoms with Crippen molar-refractivity contribution in [2.75, 3.05) is 5.32 Å². The van der Waals surface area contributed by atoms with Crippen LogP contribution in [-0.4, -0.2) is 10.9 Å². The van der Waals surface area contributed by atoms with Crippen molar-refractivity contribution in [3.63, 3.8) is 0 Å². The molecule has 4 nitrogen and oxygen atoms in total. The van der Waals surface area contributed by atoms with E-state index in [9.17, 15) is 4.79 Å². The Labute approximate surface area is 132 Å². The third-order valence-corrected chi connectivity index (χ3v) is 3.75. The van der Waals surface area contributed by atoms with E-state index < -0.39 is 0 Å². The molecule has 1 N–H and O–H groups in total. The number of carbonyl (C=O) groups is 1. The highest BCUT2D eigenvalue weighted by Crippen LogP contribution is 2.23. The zero-order valence-corrected chi connectivity index (χ0v) is 12.8. The van der Waals surface area contributed by atoms with Gasteiger partial charge in [0.25, 0.3) is 5.91 Å². The molecule has 3 aromatic rings. The molecule has 110 valence electrons. The Morgan fingerprint density at radius 3 is 2.59 bits per heavy atom. The summed E-state index contributed by atoms with van der Waals surface area (Å²) in [7, 11) is 0. The molecular weight excluding hydrogens is 296 g/mol. The van der Waals surface area contributed by atoms with Crippen molar-refractivity contribution in [3.8, 4) is 11.5 Å². The average molecular weight is 310 g/mol. The minimum Gasteiger partial charge on any atom is -0.457 e. The number of benzene rings is 2. The van der Waals surface area contributed by atoms with Crippen molar-refractivity contribution < 1.29 is 9.53 Å². The van der Waals surface area contributed by atoms with Crippen LogP contribution in [0.1, 0.15) is 15.2 Å². The predicted octanol–water partition coefficient (Wildman–Crippen LogP) is 4.50. The molecule has 0 aliphatic heterocycles. The van der Waals surface area contributed by atoms with Gasteiger partial charge in [-0.2, -0.15) is 0 Å². The summed E-state index contributed by atoms with van der Waals surface area (Å²) in [5.41, 5.74) is 0.529. The van der Waals surface area contributed by atoms with Gasteiger partial charge in [-0.3, -0.25) is 10.1 Å². The van der Waals surface area contributed by atoms with Gasteiger partial charge in [0.2, 0.25) is 0 Å². The van der Waals surface area contributed by atoms with E-state index in [1.54, 1.807) is 24.4 Å². The number of rotatable bonds is 4. The highest BCUT2D eigenvalue weighted by molar-refractivity contribution is 7.15. The Morgan fingerprint density at radius 1 is 1.09 bits per heavy atom. The number of nitrogens with zero attached hydrogens (tertiary/aromatic N) is 1. The fourth-order valence-electron chi connectivity index (χ4n) is 1.91. The number of nitrogens with one attached hydrogen (secondary N) is 1. The standard InChI is InChI=1S/C17H14N2O2S/c1-12-11-18-17(22-12)19-16(20)13-6-5-9-15(10-13)21-14-7-3-2-4-8-14/h2-11H,1H3,(H,18,19,20). The maximum Gasteiger partial charge on any atom is 0.257 e. The Morgan fingerprint density at radius 2 is 1.86 bits per heavy atom. The van der Waals surface area contributed by atoms with Crippen LogP contribution in [-0.2, 0) is 0 Å². The second-order valence-electron chi connectivity index (χ2n) is 4.67. The van der Waals surface area contributed by atoms with E-state index in [-0.39, 0.29) is 5.91 Å². The lowest BCUT2D eigenvalue weighted by Gasteiger charge is -2.07. The van der Waals surface area contributed by atoms with Crippen molar-refractivity contribution in [2.45, 2.75) is 6.92 Å². The quantitative estimate of drug-likeness (QED) is 0.772. The minimum absolute atomic E-state index is 0.201. The summed E-state index contributed by atoms with van der Waals surface area (Å²) in [4.78, 5) is 17.4. The van der Waals surface area contributed by atoms with Gasteiger partial charge in [0.05, 0.1) is 0 Å². The number of hydrogen-bond donors (Lipinski definition) is 1. The highest BCUT2D eigenvalue weighted by atomic mass is 32.1. The maximum atomic E-state index is 12.2. The van der Waals surface area contributed by atoms with Gasteiger partial charge in [-0.05, 0) is 37.3 Å². The van der Waals surface area contributed by atoms with Gasteiger partial charge < -0.3 is 4.74 Å². The molecule has 0 saturated heterocycles. The third-order valence-electron chi connectivity index (χ3n) is 2.92. The van der Waals surface area contributed by atoms with Crippen LogP contribution >= 0.6 is 11.3 Å². The zero-order valence-electron chi connectivity index (χ0n) is 11.9. The van der Waals surface area contributed by atoms with E-state index in [1.807, 2.05) is 43.3 Å². The van der Waals surface area contributed by atoms with Gasteiger partial charge in [0.15, 0.2) is 5.13 Å². The van der Waals surface area contributed by atoms with Crippen LogP contribution in [0.15, 0.2) is 60.8 Å². The molecule has 1 aromatic heterocycles. The molecule has 0 saturated carbocycles. The van der Waals surface area contributed by atoms with Crippen LogP contribution in [0.4, 0.5) is 5.13 Å². The molecule has 1 amide bonds. The van der Waals surface area contributed by atoms with Crippen LogP contribution in [0, 0.1) is 6.92 Å². The molecule has 0 unspecified atom stereocenters. The lowest BCUT2D eigenvalue weighted by Crippen LogP contribution is -2.11. The van der Waals surface area contributed by atoms with Crippen LogP contribution in [0.2, 0.25) is 0 Å². The summed E-state index contributed by atoms with van der Waals surface area (Å²) in [5.74, 6) is 1.15. The Bertz CT molecular complexity index is 784. The molecule has 2 aromatic carbocycles. The normalized spacial score (nSPS) is 10.2. The molecule has 0 radical (unpaired) electrons. The second-order valence-corrected chi connectivity index (χ2v) is 5.91. The van der Waals surface area contributed by atoms with Crippen molar-refractivity contribution in [1.82, 2.24) is 4.98 Å². The smallest absolute Gasteiger partial charge is 0.257 e. The Hall–Kier alpha value is -2.66. The van der Waals surface area contributed by atoms with Crippen LogP contribution in [0.3, 0.4) is 0 Å². The number of amides is 1. The average Bonchev–Trinajstić information content (AvgIpc) is 2.93. The number of hydrogen-bond acceptors (Lipinski definition) is 4. The molecule has 0 atom stereocenters. The fourth-order valence-corrected chi connectivity index (χ4v) is 2.57. The summed E-state index contributed by atoms with van der Waals surface area (Å²) >= 11 is 1.44. The number of aromatic nitrogens is 1. The molecule has 1 heterocycles. The van der Waals surface area contributed by atoms with E-state index in [0.717, 1.165) is 10.6 Å². The van der Waals surface area contributed by atoms with Gasteiger partial charge in [0.1, 0.15) is 11.5 Å². The fraction of sp³-hybridized carbons (Fsp3) is 0.0588. The maximum absolute atomic E-state index is 12.2. The SMILES string of the molecule is Cc1cnc(NC(=O)c2cccc(Oc3ccccc3)c2)s1. The molecule has 22 heavy (non-hydrogen) atoms. The number of aryl methyl sites for hydroxylation is 1. The monoisotopic (exact) mass is 310 g/mol. The van der Waals surface area contributed by atoms with Crippen LogP contribution in [0.25, 0.3) is 0 Å². The summed E-state index contributed by atoms with van der Waals surface area (Å²) in [6.45, 7) is 1.95. The molecule has 0 aliphatic rings. The molecule has 3 rings (SSSR count). The minimum atomic E-state index is -0.201. The molecule has 0 bridgehead atoms. The van der Waals surface area contributed by atoms with Gasteiger partial charge in [-0.15, -0.1) is 11.3 Å². The van der Waals surface area contributed by atoms with E-state index in [4.69, 9.17) is 4.74 Å². The molecule has 0 spiro atoms. The van der Waals surface area contributed by atoms with Crippen molar-refractivity contribution in [3.05, 3.63) is 71.2 Å². The van der Waals surface area contributed by atoms with Crippen LogP contribution < -0.4 is 10.1 Å². The first-order valence-electron chi connectivity index (χ1n) is 6.77. The number of thiazole rings is 1. The molecular formula is C17H14N2O2S. The van der Waals surface area contributed by atoms with Crippen molar-refractivity contribution >= 4 is 22.4 Å². The van der Waals surface area contributed by atoms with Gasteiger partial charge in [-0.25, -0.2) is 4.98 Å². The lowest BCUT2D eigenvalue weighted by molar-refractivity contribution is 0.102. The second kappa shape index (κ2) is 6.41. The topological polar surface area (TPSA) is 51.2 Å². The first-order valence-corrected chi connectivity index (χ1v) is 7.59. The number of ether oxygens (including phenoxy) is 1. The predicted molar refractivity (Wildman–Crippen MR) is 87.8 cm³/mol. The first-order chi connectivity index (χ1) is 10.7. The number of anilines is 1. The van der Waals surface area contributed by atoms with Gasteiger partial charge in [-0.1, -0.05) is 24.3 Å². The lowest BCUT2D eigenvalue weighted by atomic mass is 10.2. The largest absolute Gasteiger partial charge is 0.457 e. The van der Waals surface area contributed by atoms with E-state index >= 15 is 0 Å². The first kappa shape index (κ1) is 14.3. The van der Waals surface area contributed by atoms with Gasteiger partial charge >= 0.3 is 0 Å². The number of carbonyl (C=O) groups excluding carboxylic acids is 1. The van der Waals surface area contributed by atoms with E-state index in [2.05, 4.69) is 10.3 Å².